The highest BCUT2D eigenvalue weighted by Crippen LogP contribution is 2.33. The molecule has 1 heterocycles. The van der Waals surface area contributed by atoms with Crippen LogP contribution in [0.5, 0.6) is 5.75 Å². The number of rotatable bonds is 8. The number of amides is 1. The number of para-hydroxylation sites is 1. The van der Waals surface area contributed by atoms with Gasteiger partial charge in [0.15, 0.2) is 6.29 Å². The quantitative estimate of drug-likeness (QED) is 0.515. The third-order valence-corrected chi connectivity index (χ3v) is 4.41. The van der Waals surface area contributed by atoms with Gasteiger partial charge in [-0.3, -0.25) is 4.79 Å². The van der Waals surface area contributed by atoms with Gasteiger partial charge in [-0.05, 0) is 38.3 Å². The van der Waals surface area contributed by atoms with Crippen LogP contribution in [0.25, 0.3) is 0 Å². The van der Waals surface area contributed by atoms with Gasteiger partial charge in [-0.15, -0.1) is 11.6 Å². The lowest BCUT2D eigenvalue weighted by Gasteiger charge is -2.33. The summed E-state index contributed by atoms with van der Waals surface area (Å²) >= 11 is 5.86. The lowest BCUT2D eigenvalue weighted by molar-refractivity contribution is -0.202. The second-order valence-electron chi connectivity index (χ2n) is 6.30. The number of carbonyl (C=O) groups excluding carboxylic acids is 1. The SMILES string of the molecule is CCCCOc1cccc(C)c1N(CC1OCCC(C)O1)C(=O)CCl. The number of unbranched alkanes of at least 4 members (excludes halogenated alkanes) is 1. The minimum absolute atomic E-state index is 0.106. The van der Waals surface area contributed by atoms with E-state index in [4.69, 9.17) is 25.8 Å². The average Bonchev–Trinajstić information content (AvgIpc) is 2.60. The van der Waals surface area contributed by atoms with Crippen LogP contribution in [0.4, 0.5) is 5.69 Å². The Kier molecular flexibility index (Phi) is 8.00. The third kappa shape index (κ3) is 5.59. The molecule has 1 amide bonds. The molecule has 0 aromatic heterocycles. The van der Waals surface area contributed by atoms with Crippen molar-refractivity contribution >= 4 is 23.2 Å². The van der Waals surface area contributed by atoms with E-state index in [1.807, 2.05) is 32.0 Å². The van der Waals surface area contributed by atoms with Crippen LogP contribution >= 0.6 is 11.6 Å². The van der Waals surface area contributed by atoms with Gasteiger partial charge in [-0.1, -0.05) is 25.5 Å². The molecule has 0 saturated carbocycles. The van der Waals surface area contributed by atoms with E-state index in [0.717, 1.165) is 30.5 Å². The Morgan fingerprint density at radius 1 is 1.44 bits per heavy atom. The molecule has 2 atom stereocenters. The molecule has 1 saturated heterocycles. The van der Waals surface area contributed by atoms with Gasteiger partial charge >= 0.3 is 0 Å². The number of ether oxygens (including phenoxy) is 3. The van der Waals surface area contributed by atoms with Crippen LogP contribution in [0, 0.1) is 6.92 Å². The van der Waals surface area contributed by atoms with Crippen molar-refractivity contribution in [1.29, 1.82) is 0 Å². The Hall–Kier alpha value is -1.30. The van der Waals surface area contributed by atoms with Crippen LogP contribution < -0.4 is 9.64 Å². The van der Waals surface area contributed by atoms with E-state index < -0.39 is 6.29 Å². The number of hydrogen-bond donors (Lipinski definition) is 0. The van der Waals surface area contributed by atoms with Gasteiger partial charge < -0.3 is 19.1 Å². The highest BCUT2D eigenvalue weighted by molar-refractivity contribution is 6.29. The molecule has 1 aliphatic rings. The average molecular weight is 370 g/mol. The molecule has 0 spiro atoms. The van der Waals surface area contributed by atoms with Gasteiger partial charge in [0.05, 0.1) is 31.5 Å². The van der Waals surface area contributed by atoms with Gasteiger partial charge in [-0.25, -0.2) is 0 Å². The number of halogens is 1. The normalized spacial score (nSPS) is 20.3. The summed E-state index contributed by atoms with van der Waals surface area (Å²) in [5.74, 6) is 0.392. The van der Waals surface area contributed by atoms with E-state index in [-0.39, 0.29) is 17.9 Å². The lowest BCUT2D eigenvalue weighted by atomic mass is 10.1. The molecular formula is C19H28ClNO4. The number of nitrogens with zero attached hydrogens (tertiary/aromatic N) is 1. The Labute approximate surface area is 155 Å². The molecule has 5 nitrogen and oxygen atoms in total. The lowest BCUT2D eigenvalue weighted by Crippen LogP contribution is -2.44. The summed E-state index contributed by atoms with van der Waals surface area (Å²) in [6.07, 6.45) is 2.52. The van der Waals surface area contributed by atoms with E-state index in [9.17, 15) is 4.79 Å². The maximum absolute atomic E-state index is 12.5. The van der Waals surface area contributed by atoms with E-state index in [0.29, 0.717) is 25.5 Å². The van der Waals surface area contributed by atoms with E-state index in [1.54, 1.807) is 4.90 Å². The van der Waals surface area contributed by atoms with Gasteiger partial charge in [0.25, 0.3) is 0 Å². The van der Waals surface area contributed by atoms with Crippen LogP contribution in [0.15, 0.2) is 18.2 Å². The maximum Gasteiger partial charge on any atom is 0.242 e. The summed E-state index contributed by atoms with van der Waals surface area (Å²) in [5.41, 5.74) is 1.70. The van der Waals surface area contributed by atoms with Gasteiger partial charge in [0, 0.05) is 0 Å². The standard InChI is InChI=1S/C19H28ClNO4/c1-4-5-10-23-16-8-6-7-14(2)19(16)21(17(22)12-20)13-18-24-11-9-15(3)25-18/h6-8,15,18H,4-5,9-13H2,1-3H3. The Morgan fingerprint density at radius 3 is 2.92 bits per heavy atom. The molecule has 2 unspecified atom stereocenters. The predicted octanol–water partition coefficient (Wildman–Crippen LogP) is 3.90. The first-order valence-electron chi connectivity index (χ1n) is 8.92. The zero-order chi connectivity index (χ0) is 18.2. The summed E-state index contributed by atoms with van der Waals surface area (Å²) in [4.78, 5) is 14.2. The molecular weight excluding hydrogens is 342 g/mol. The molecule has 0 bridgehead atoms. The zero-order valence-corrected chi connectivity index (χ0v) is 16.1. The summed E-state index contributed by atoms with van der Waals surface area (Å²) in [5, 5.41) is 0. The van der Waals surface area contributed by atoms with E-state index in [1.165, 1.54) is 0 Å². The zero-order valence-electron chi connectivity index (χ0n) is 15.3. The van der Waals surface area contributed by atoms with Crippen molar-refractivity contribution in [2.75, 3.05) is 30.5 Å². The number of aryl methyl sites for hydroxylation is 1. The molecule has 25 heavy (non-hydrogen) atoms. The summed E-state index contributed by atoms with van der Waals surface area (Å²) in [6, 6.07) is 5.78. The highest BCUT2D eigenvalue weighted by atomic mass is 35.5. The predicted molar refractivity (Wildman–Crippen MR) is 99.6 cm³/mol. The fourth-order valence-electron chi connectivity index (χ4n) is 2.79. The second kappa shape index (κ2) is 10.00. The van der Waals surface area contributed by atoms with Crippen molar-refractivity contribution < 1.29 is 19.0 Å². The van der Waals surface area contributed by atoms with Crippen molar-refractivity contribution in [2.45, 2.75) is 52.4 Å². The largest absolute Gasteiger partial charge is 0.491 e. The molecule has 1 aromatic rings. The van der Waals surface area contributed by atoms with Crippen LogP contribution in [-0.2, 0) is 14.3 Å². The Balaban J connectivity index is 2.25. The van der Waals surface area contributed by atoms with Crippen molar-refractivity contribution in [3.63, 3.8) is 0 Å². The van der Waals surface area contributed by atoms with Crippen LogP contribution in [0.1, 0.15) is 38.7 Å². The fourth-order valence-corrected chi connectivity index (χ4v) is 2.93. The van der Waals surface area contributed by atoms with E-state index in [2.05, 4.69) is 6.92 Å². The maximum atomic E-state index is 12.5. The second-order valence-corrected chi connectivity index (χ2v) is 6.56. The van der Waals surface area contributed by atoms with Crippen molar-refractivity contribution in [3.05, 3.63) is 23.8 Å². The van der Waals surface area contributed by atoms with E-state index >= 15 is 0 Å². The summed E-state index contributed by atoms with van der Waals surface area (Å²) < 4.78 is 17.4. The molecule has 1 fully saturated rings. The first-order valence-corrected chi connectivity index (χ1v) is 9.46. The third-order valence-electron chi connectivity index (χ3n) is 4.19. The van der Waals surface area contributed by atoms with Crippen molar-refractivity contribution in [2.24, 2.45) is 0 Å². The first kappa shape index (κ1) is 20.0. The van der Waals surface area contributed by atoms with Crippen LogP contribution in [-0.4, -0.2) is 43.9 Å². The molecule has 1 aromatic carbocycles. The minimum Gasteiger partial charge on any atom is -0.491 e. The van der Waals surface area contributed by atoms with Crippen molar-refractivity contribution in [1.82, 2.24) is 0 Å². The molecule has 0 N–H and O–H groups in total. The van der Waals surface area contributed by atoms with Crippen LogP contribution in [0.3, 0.4) is 0 Å². The summed E-state index contributed by atoms with van der Waals surface area (Å²) in [7, 11) is 0. The number of carbonyl (C=O) groups is 1. The number of benzene rings is 1. The summed E-state index contributed by atoms with van der Waals surface area (Å²) in [6.45, 7) is 7.62. The first-order chi connectivity index (χ1) is 12.1. The fraction of sp³-hybridized carbons (Fsp3) is 0.632. The monoisotopic (exact) mass is 369 g/mol. The van der Waals surface area contributed by atoms with Crippen LogP contribution in [0.2, 0.25) is 0 Å². The van der Waals surface area contributed by atoms with Gasteiger partial charge in [0.2, 0.25) is 5.91 Å². The number of hydrogen-bond acceptors (Lipinski definition) is 4. The molecule has 1 aliphatic heterocycles. The Morgan fingerprint density at radius 2 is 2.24 bits per heavy atom. The smallest absolute Gasteiger partial charge is 0.242 e. The minimum atomic E-state index is -0.459. The Bertz CT molecular complexity index is 566. The molecule has 0 aliphatic carbocycles. The van der Waals surface area contributed by atoms with Gasteiger partial charge in [0.1, 0.15) is 11.6 Å². The number of anilines is 1. The van der Waals surface area contributed by atoms with Gasteiger partial charge in [-0.2, -0.15) is 0 Å². The highest BCUT2D eigenvalue weighted by Gasteiger charge is 2.28. The molecule has 6 heteroatoms. The number of alkyl halides is 1. The molecule has 2 rings (SSSR count). The molecule has 140 valence electrons. The van der Waals surface area contributed by atoms with Crippen molar-refractivity contribution in [3.8, 4) is 5.75 Å². The molecule has 0 radical (unpaired) electrons. The topological polar surface area (TPSA) is 48.0 Å².